The summed E-state index contributed by atoms with van der Waals surface area (Å²) in [6, 6.07) is 11.5. The molecule has 1 heterocycles. The van der Waals surface area contributed by atoms with Crippen LogP contribution in [0.25, 0.3) is 0 Å². The molecule has 24 heavy (non-hydrogen) atoms. The maximum absolute atomic E-state index is 12.0. The van der Waals surface area contributed by atoms with Crippen LogP contribution in [-0.4, -0.2) is 19.8 Å². The van der Waals surface area contributed by atoms with Gasteiger partial charge in [-0.25, -0.2) is 0 Å². The van der Waals surface area contributed by atoms with Crippen LogP contribution in [0.5, 0.6) is 17.2 Å². The van der Waals surface area contributed by atoms with Crippen molar-refractivity contribution in [3.8, 4) is 17.2 Å². The summed E-state index contributed by atoms with van der Waals surface area (Å²) in [6.07, 6.45) is 1.11. The van der Waals surface area contributed by atoms with Crippen LogP contribution >= 0.6 is 15.9 Å². The lowest BCUT2D eigenvalue weighted by Gasteiger charge is -2.08. The lowest BCUT2D eigenvalue weighted by atomic mass is 10.1. The van der Waals surface area contributed by atoms with Gasteiger partial charge in [0.1, 0.15) is 5.75 Å². The van der Waals surface area contributed by atoms with Crippen LogP contribution in [0.15, 0.2) is 40.9 Å². The Kier molecular flexibility index (Phi) is 5.25. The Balaban J connectivity index is 1.48. The van der Waals surface area contributed by atoms with Crippen LogP contribution in [0.1, 0.15) is 17.5 Å². The second-order valence-corrected chi connectivity index (χ2v) is 6.29. The van der Waals surface area contributed by atoms with Gasteiger partial charge in [-0.15, -0.1) is 0 Å². The van der Waals surface area contributed by atoms with Gasteiger partial charge in [-0.1, -0.05) is 12.1 Å². The van der Waals surface area contributed by atoms with Crippen molar-refractivity contribution in [2.45, 2.75) is 19.4 Å². The predicted molar refractivity (Wildman–Crippen MR) is 93.4 cm³/mol. The van der Waals surface area contributed by atoms with Gasteiger partial charge in [0, 0.05) is 13.0 Å². The number of fused-ring (bicyclic) bond motifs is 1. The van der Waals surface area contributed by atoms with Gasteiger partial charge in [0.05, 0.1) is 11.6 Å². The number of amides is 1. The topological polar surface area (TPSA) is 56.8 Å². The van der Waals surface area contributed by atoms with E-state index in [2.05, 4.69) is 21.2 Å². The highest BCUT2D eigenvalue weighted by Crippen LogP contribution is 2.32. The molecule has 126 valence electrons. The van der Waals surface area contributed by atoms with E-state index < -0.39 is 0 Å². The Morgan fingerprint density at radius 2 is 1.96 bits per heavy atom. The average Bonchev–Trinajstić information content (AvgIpc) is 3.06. The molecule has 3 rings (SSSR count). The first-order valence-electron chi connectivity index (χ1n) is 7.63. The third-order valence-electron chi connectivity index (χ3n) is 3.78. The monoisotopic (exact) mass is 391 g/mol. The minimum absolute atomic E-state index is 0.0135. The van der Waals surface area contributed by atoms with E-state index in [1.165, 1.54) is 0 Å². The van der Waals surface area contributed by atoms with E-state index >= 15 is 0 Å². The molecule has 0 atom stereocenters. The number of nitrogens with one attached hydrogen (secondary N) is 1. The van der Waals surface area contributed by atoms with Gasteiger partial charge < -0.3 is 19.5 Å². The normalized spacial score (nSPS) is 12.1. The summed E-state index contributed by atoms with van der Waals surface area (Å²) in [4.78, 5) is 12.0. The summed E-state index contributed by atoms with van der Waals surface area (Å²) in [5.41, 5.74) is 2.07. The van der Waals surface area contributed by atoms with Crippen LogP contribution in [0.4, 0.5) is 0 Å². The molecule has 0 radical (unpaired) electrons. The molecule has 2 aromatic rings. The van der Waals surface area contributed by atoms with E-state index in [4.69, 9.17) is 14.2 Å². The number of benzene rings is 2. The lowest BCUT2D eigenvalue weighted by Crippen LogP contribution is -2.22. The van der Waals surface area contributed by atoms with E-state index in [9.17, 15) is 4.79 Å². The van der Waals surface area contributed by atoms with Crippen LogP contribution < -0.4 is 19.5 Å². The zero-order valence-corrected chi connectivity index (χ0v) is 14.9. The standard InChI is InChI=1S/C18H18BrNO4/c1-22-15-5-2-12(8-14(15)19)4-7-18(21)20-10-13-3-6-16-17(9-13)24-11-23-16/h2-3,5-6,8-9H,4,7,10-11H2,1H3,(H,20,21). The van der Waals surface area contributed by atoms with Crippen molar-refractivity contribution in [3.63, 3.8) is 0 Å². The molecule has 0 spiro atoms. The van der Waals surface area contributed by atoms with Crippen molar-refractivity contribution in [1.82, 2.24) is 5.32 Å². The zero-order chi connectivity index (χ0) is 16.9. The third-order valence-corrected chi connectivity index (χ3v) is 4.40. The summed E-state index contributed by atoms with van der Waals surface area (Å²) in [7, 11) is 1.63. The van der Waals surface area contributed by atoms with Crippen molar-refractivity contribution in [1.29, 1.82) is 0 Å². The van der Waals surface area contributed by atoms with E-state index in [0.29, 0.717) is 19.4 Å². The van der Waals surface area contributed by atoms with Gasteiger partial charge in [-0.05, 0) is 57.7 Å². The number of hydrogen-bond donors (Lipinski definition) is 1. The predicted octanol–water partition coefficient (Wildman–Crippen LogP) is 3.44. The average molecular weight is 392 g/mol. The first-order valence-corrected chi connectivity index (χ1v) is 8.42. The van der Waals surface area contributed by atoms with Crippen molar-refractivity contribution in [2.24, 2.45) is 0 Å². The molecule has 0 bridgehead atoms. The fourth-order valence-electron chi connectivity index (χ4n) is 2.46. The molecule has 5 nitrogen and oxygen atoms in total. The SMILES string of the molecule is COc1ccc(CCC(=O)NCc2ccc3c(c2)OCO3)cc1Br. The minimum atomic E-state index is 0.0135. The highest BCUT2D eigenvalue weighted by molar-refractivity contribution is 9.10. The van der Waals surface area contributed by atoms with Crippen LogP contribution in [0.2, 0.25) is 0 Å². The van der Waals surface area contributed by atoms with Gasteiger partial charge in [0.2, 0.25) is 12.7 Å². The quantitative estimate of drug-likeness (QED) is 0.819. The second kappa shape index (κ2) is 7.57. The van der Waals surface area contributed by atoms with Gasteiger partial charge in [-0.3, -0.25) is 4.79 Å². The van der Waals surface area contributed by atoms with Crippen LogP contribution in [-0.2, 0) is 17.8 Å². The Labute approximate surface area is 149 Å². The molecule has 6 heteroatoms. The maximum Gasteiger partial charge on any atom is 0.231 e. The van der Waals surface area contributed by atoms with Crippen LogP contribution in [0.3, 0.4) is 0 Å². The molecule has 0 aliphatic carbocycles. The molecule has 0 fully saturated rings. The smallest absolute Gasteiger partial charge is 0.231 e. The van der Waals surface area contributed by atoms with Gasteiger partial charge in [-0.2, -0.15) is 0 Å². The largest absolute Gasteiger partial charge is 0.496 e. The van der Waals surface area contributed by atoms with Gasteiger partial charge >= 0.3 is 0 Å². The highest BCUT2D eigenvalue weighted by atomic mass is 79.9. The number of methoxy groups -OCH3 is 1. The Morgan fingerprint density at radius 1 is 1.17 bits per heavy atom. The highest BCUT2D eigenvalue weighted by Gasteiger charge is 2.13. The fourth-order valence-corrected chi connectivity index (χ4v) is 3.05. The van der Waals surface area contributed by atoms with Crippen LogP contribution in [0, 0.1) is 0 Å². The first kappa shape index (κ1) is 16.6. The Morgan fingerprint density at radius 3 is 2.75 bits per heavy atom. The number of carbonyl (C=O) groups excluding carboxylic acids is 1. The van der Waals surface area contributed by atoms with E-state index in [-0.39, 0.29) is 12.7 Å². The minimum Gasteiger partial charge on any atom is -0.496 e. The molecule has 1 amide bonds. The summed E-state index contributed by atoms with van der Waals surface area (Å²) in [5.74, 6) is 2.27. The van der Waals surface area contributed by atoms with Crippen molar-refractivity contribution < 1.29 is 19.0 Å². The summed E-state index contributed by atoms with van der Waals surface area (Å²) < 4.78 is 16.7. The molecule has 1 aliphatic rings. The van der Waals surface area contributed by atoms with Crippen molar-refractivity contribution >= 4 is 21.8 Å². The summed E-state index contributed by atoms with van der Waals surface area (Å²) >= 11 is 3.45. The maximum atomic E-state index is 12.0. The van der Waals surface area contributed by atoms with E-state index in [0.717, 1.165) is 32.8 Å². The Hall–Kier alpha value is -2.21. The molecule has 0 unspecified atom stereocenters. The molecule has 2 aromatic carbocycles. The number of rotatable bonds is 6. The third kappa shape index (κ3) is 4.00. The molecular weight excluding hydrogens is 374 g/mol. The van der Waals surface area contributed by atoms with E-state index in [1.807, 2.05) is 36.4 Å². The number of aryl methyl sites for hydroxylation is 1. The number of carbonyl (C=O) groups is 1. The number of hydrogen-bond acceptors (Lipinski definition) is 4. The summed E-state index contributed by atoms with van der Waals surface area (Å²) in [5, 5.41) is 2.93. The molecular formula is C18H18BrNO4. The Bertz CT molecular complexity index is 748. The molecule has 0 aromatic heterocycles. The number of ether oxygens (including phenoxy) is 3. The fraction of sp³-hybridized carbons (Fsp3) is 0.278. The molecule has 0 saturated heterocycles. The van der Waals surface area contributed by atoms with Gasteiger partial charge in [0.25, 0.3) is 0 Å². The van der Waals surface area contributed by atoms with Gasteiger partial charge in [0.15, 0.2) is 11.5 Å². The lowest BCUT2D eigenvalue weighted by molar-refractivity contribution is -0.121. The molecule has 1 aliphatic heterocycles. The molecule has 0 saturated carbocycles. The van der Waals surface area contributed by atoms with E-state index in [1.54, 1.807) is 7.11 Å². The zero-order valence-electron chi connectivity index (χ0n) is 13.3. The number of halogens is 1. The first-order chi connectivity index (χ1) is 11.7. The summed E-state index contributed by atoms with van der Waals surface area (Å²) in [6.45, 7) is 0.727. The molecule has 1 N–H and O–H groups in total. The van der Waals surface area contributed by atoms with Crippen molar-refractivity contribution in [2.75, 3.05) is 13.9 Å². The second-order valence-electron chi connectivity index (χ2n) is 5.43. The van der Waals surface area contributed by atoms with Crippen molar-refractivity contribution in [3.05, 3.63) is 52.0 Å².